The van der Waals surface area contributed by atoms with E-state index >= 15 is 4.39 Å². The van der Waals surface area contributed by atoms with Crippen molar-refractivity contribution in [2.45, 2.75) is 49.9 Å². The molecule has 2 aliphatic heterocycles. The molecule has 0 amide bonds. The molecular weight excluding hydrogens is 517 g/mol. The standard InChI is InChI=1S/C30H31ClFN5O2/c1-36(2)19-10-21(11-19)39-30-34-28-24(29(35-30)37-14-17-7-8-18(15-37)33-17)13-25(31)26(27(28)32)23-12-20(38)9-16-5-3-4-6-22(16)23/h3-6,9,12-13,17-19,21,33,38H,7-8,10-11,14-15H2,1-2H3/t17?,18?,19-,21-. The van der Waals surface area contributed by atoms with E-state index in [1.54, 1.807) is 18.2 Å². The van der Waals surface area contributed by atoms with E-state index in [2.05, 4.69) is 34.2 Å². The first-order chi connectivity index (χ1) is 18.8. The summed E-state index contributed by atoms with van der Waals surface area (Å²) in [6.45, 7) is 1.57. The van der Waals surface area contributed by atoms with Crippen molar-refractivity contribution in [3.8, 4) is 22.9 Å². The van der Waals surface area contributed by atoms with E-state index in [9.17, 15) is 5.11 Å². The van der Waals surface area contributed by atoms with Gasteiger partial charge in [0.25, 0.3) is 0 Å². The fourth-order valence-corrected chi connectivity index (χ4v) is 6.67. The predicted molar refractivity (Wildman–Crippen MR) is 152 cm³/mol. The number of piperazine rings is 1. The Morgan fingerprint density at radius 1 is 1.05 bits per heavy atom. The van der Waals surface area contributed by atoms with Gasteiger partial charge >= 0.3 is 6.01 Å². The largest absolute Gasteiger partial charge is 0.508 e. The second-order valence-corrected chi connectivity index (χ2v) is 11.8. The number of hydrogen-bond donors (Lipinski definition) is 2. The Morgan fingerprint density at radius 2 is 1.79 bits per heavy atom. The third kappa shape index (κ3) is 4.35. The Kier molecular flexibility index (Phi) is 6.02. The van der Waals surface area contributed by atoms with Crippen LogP contribution in [0.4, 0.5) is 10.2 Å². The van der Waals surface area contributed by atoms with Crippen LogP contribution in [0.3, 0.4) is 0 Å². The molecule has 9 heteroatoms. The number of aromatic hydroxyl groups is 1. The van der Waals surface area contributed by atoms with Gasteiger partial charge in [-0.2, -0.15) is 9.97 Å². The predicted octanol–water partition coefficient (Wildman–Crippen LogP) is 5.36. The molecule has 7 nitrogen and oxygen atoms in total. The summed E-state index contributed by atoms with van der Waals surface area (Å²) in [7, 11) is 4.13. The number of phenols is 1. The number of aromatic nitrogens is 2. The molecule has 1 aromatic heterocycles. The molecule has 39 heavy (non-hydrogen) atoms. The van der Waals surface area contributed by atoms with E-state index < -0.39 is 5.82 Å². The molecule has 4 aromatic rings. The van der Waals surface area contributed by atoms with Gasteiger partial charge in [-0.3, -0.25) is 0 Å². The number of ether oxygens (including phenoxy) is 1. The zero-order valence-corrected chi connectivity index (χ0v) is 22.7. The van der Waals surface area contributed by atoms with Crippen molar-refractivity contribution in [1.82, 2.24) is 20.2 Å². The van der Waals surface area contributed by atoms with Crippen LogP contribution in [0.2, 0.25) is 5.02 Å². The molecule has 202 valence electrons. The van der Waals surface area contributed by atoms with Gasteiger partial charge in [0.1, 0.15) is 23.2 Å². The Labute approximate surface area is 231 Å². The molecule has 0 radical (unpaired) electrons. The van der Waals surface area contributed by atoms with Crippen molar-refractivity contribution in [3.63, 3.8) is 0 Å². The van der Waals surface area contributed by atoms with E-state index in [0.717, 1.165) is 49.5 Å². The van der Waals surface area contributed by atoms with E-state index in [4.69, 9.17) is 21.3 Å². The van der Waals surface area contributed by atoms with Crippen molar-refractivity contribution in [2.75, 3.05) is 32.1 Å². The summed E-state index contributed by atoms with van der Waals surface area (Å²) >= 11 is 6.83. The Morgan fingerprint density at radius 3 is 2.54 bits per heavy atom. The molecule has 2 unspecified atom stereocenters. The zero-order chi connectivity index (χ0) is 26.8. The minimum atomic E-state index is -0.542. The van der Waals surface area contributed by atoms with Crippen LogP contribution in [0.25, 0.3) is 32.8 Å². The van der Waals surface area contributed by atoms with Crippen molar-refractivity contribution in [1.29, 1.82) is 0 Å². The molecule has 3 fully saturated rings. The lowest BCUT2D eigenvalue weighted by Gasteiger charge is -2.39. The fourth-order valence-electron chi connectivity index (χ4n) is 6.38. The van der Waals surface area contributed by atoms with Crippen molar-refractivity contribution < 1.29 is 14.2 Å². The van der Waals surface area contributed by atoms with Crippen LogP contribution in [0.1, 0.15) is 25.7 Å². The van der Waals surface area contributed by atoms with E-state index in [-0.39, 0.29) is 34.0 Å². The average Bonchev–Trinajstić information content (AvgIpc) is 3.22. The van der Waals surface area contributed by atoms with Crippen molar-refractivity contribution >= 4 is 39.1 Å². The zero-order valence-electron chi connectivity index (χ0n) is 22.0. The maximum absolute atomic E-state index is 16.6. The van der Waals surface area contributed by atoms with Crippen molar-refractivity contribution in [3.05, 3.63) is 53.3 Å². The molecule has 3 heterocycles. The first-order valence-electron chi connectivity index (χ1n) is 13.6. The topological polar surface area (TPSA) is 73.8 Å². The lowest BCUT2D eigenvalue weighted by atomic mass is 9.88. The number of phenolic OH excluding ortho intramolecular Hbond substituents is 1. The molecule has 3 aliphatic rings. The minimum Gasteiger partial charge on any atom is -0.508 e. The summed E-state index contributed by atoms with van der Waals surface area (Å²) in [5, 5.41) is 16.5. The van der Waals surface area contributed by atoms with Gasteiger partial charge in [-0.15, -0.1) is 0 Å². The molecule has 2 saturated heterocycles. The molecule has 0 spiro atoms. The smallest absolute Gasteiger partial charge is 0.319 e. The number of halogens is 2. The van der Waals surface area contributed by atoms with Crippen LogP contribution >= 0.6 is 11.6 Å². The average molecular weight is 548 g/mol. The molecule has 2 atom stereocenters. The molecule has 3 aromatic carbocycles. The van der Waals surface area contributed by atoms with Gasteiger partial charge in [-0.1, -0.05) is 35.9 Å². The SMILES string of the molecule is CN(C)[C@H]1C[C@H](Oc2nc(N3CC4CCC(C3)N4)c3cc(Cl)c(-c4cc(O)cc5ccccc45)c(F)c3n2)C1. The van der Waals surface area contributed by atoms with Crippen LogP contribution < -0.4 is 15.0 Å². The minimum absolute atomic E-state index is 0.00764. The van der Waals surface area contributed by atoms with Crippen LogP contribution in [-0.4, -0.2) is 71.4 Å². The molecular formula is C30H31ClFN5O2. The third-order valence-corrected chi connectivity index (χ3v) is 8.84. The highest BCUT2D eigenvalue weighted by Gasteiger charge is 2.36. The number of rotatable bonds is 5. The molecule has 2 N–H and O–H groups in total. The fraction of sp³-hybridized carbons (Fsp3) is 0.400. The number of nitrogens with one attached hydrogen (secondary N) is 1. The lowest BCUT2D eigenvalue weighted by molar-refractivity contribution is 0.0339. The van der Waals surface area contributed by atoms with Crippen LogP contribution in [0, 0.1) is 5.82 Å². The number of benzene rings is 3. The molecule has 1 aliphatic carbocycles. The molecule has 1 saturated carbocycles. The Balaban J connectivity index is 1.38. The number of fused-ring (bicyclic) bond motifs is 4. The second-order valence-electron chi connectivity index (χ2n) is 11.4. The molecule has 2 bridgehead atoms. The summed E-state index contributed by atoms with van der Waals surface area (Å²) < 4.78 is 22.8. The van der Waals surface area contributed by atoms with Crippen molar-refractivity contribution in [2.24, 2.45) is 0 Å². The van der Waals surface area contributed by atoms with Gasteiger partial charge in [0, 0.05) is 55.0 Å². The van der Waals surface area contributed by atoms with Gasteiger partial charge in [0.15, 0.2) is 5.82 Å². The highest BCUT2D eigenvalue weighted by Crippen LogP contribution is 2.43. The number of anilines is 1. The highest BCUT2D eigenvalue weighted by atomic mass is 35.5. The van der Waals surface area contributed by atoms with E-state index in [1.807, 2.05) is 24.3 Å². The quantitative estimate of drug-likeness (QED) is 0.348. The van der Waals surface area contributed by atoms with Gasteiger partial charge in [-0.05, 0) is 61.5 Å². The highest BCUT2D eigenvalue weighted by molar-refractivity contribution is 6.35. The summed E-state index contributed by atoms with van der Waals surface area (Å²) in [6, 6.07) is 14.0. The number of hydrogen-bond acceptors (Lipinski definition) is 7. The summed E-state index contributed by atoms with van der Waals surface area (Å²) in [6.07, 6.45) is 3.99. The Bertz CT molecular complexity index is 1580. The summed E-state index contributed by atoms with van der Waals surface area (Å²) in [4.78, 5) is 13.9. The maximum Gasteiger partial charge on any atom is 0.319 e. The summed E-state index contributed by atoms with van der Waals surface area (Å²) in [5.41, 5.74) is 0.908. The normalized spacial score (nSPS) is 24.5. The molecule has 7 rings (SSSR count). The first-order valence-corrected chi connectivity index (χ1v) is 14.0. The van der Waals surface area contributed by atoms with Gasteiger partial charge < -0.3 is 25.0 Å². The van der Waals surface area contributed by atoms with Crippen LogP contribution in [0.15, 0.2) is 42.5 Å². The van der Waals surface area contributed by atoms with Crippen LogP contribution in [-0.2, 0) is 0 Å². The Hall–Kier alpha value is -3.20. The van der Waals surface area contributed by atoms with Gasteiger partial charge in [-0.25, -0.2) is 4.39 Å². The van der Waals surface area contributed by atoms with E-state index in [1.165, 1.54) is 0 Å². The number of nitrogens with zero attached hydrogens (tertiary/aromatic N) is 4. The van der Waals surface area contributed by atoms with Gasteiger partial charge in [0.2, 0.25) is 0 Å². The third-order valence-electron chi connectivity index (χ3n) is 8.55. The summed E-state index contributed by atoms with van der Waals surface area (Å²) in [5.74, 6) is 0.160. The monoisotopic (exact) mass is 547 g/mol. The lowest BCUT2D eigenvalue weighted by Crippen LogP contribution is -2.51. The van der Waals surface area contributed by atoms with Crippen LogP contribution in [0.5, 0.6) is 11.8 Å². The van der Waals surface area contributed by atoms with Gasteiger partial charge in [0.05, 0.1) is 5.02 Å². The maximum atomic E-state index is 16.6. The second kappa shape index (κ2) is 9.47. The van der Waals surface area contributed by atoms with E-state index in [0.29, 0.717) is 34.9 Å². The first kappa shape index (κ1) is 24.8.